The Morgan fingerprint density at radius 1 is 0.854 bits per heavy atom. The molecular formula is C41H66O7. The van der Waals surface area contributed by atoms with Crippen LogP contribution in [0.3, 0.4) is 0 Å². The van der Waals surface area contributed by atoms with Crippen LogP contribution in [0.1, 0.15) is 136 Å². The van der Waals surface area contributed by atoms with Crippen LogP contribution >= 0.6 is 0 Å². The molecule has 5 atom stereocenters. The maximum Gasteiger partial charge on any atom is 0.305 e. The summed E-state index contributed by atoms with van der Waals surface area (Å²) in [6.07, 6.45) is 27.3. The average Bonchev–Trinajstić information content (AvgIpc) is 3.37. The van der Waals surface area contributed by atoms with Crippen LogP contribution in [0.4, 0.5) is 0 Å². The highest BCUT2D eigenvalue weighted by Gasteiger charge is 2.43. The minimum Gasteiger partial charge on any atom is -0.491 e. The molecule has 0 radical (unpaired) electrons. The maximum absolute atomic E-state index is 12.2. The van der Waals surface area contributed by atoms with Gasteiger partial charge in [0, 0.05) is 32.8 Å². The van der Waals surface area contributed by atoms with Crippen LogP contribution < -0.4 is 4.74 Å². The van der Waals surface area contributed by atoms with Crippen LogP contribution in [0.2, 0.25) is 0 Å². The van der Waals surface area contributed by atoms with Gasteiger partial charge in [-0.3, -0.25) is 9.59 Å². The normalized spacial score (nSPS) is 20.0. The standard InChI is InChI=1S/C41H66O7/c1-4-5-6-7-8-9-10-11-12-13-14-15-18-24-31-46-41(44)28-23-17-16-22-27-37-38(40(32-39(37)43)48-34(2)42)30-29-36(45-3)33-47-35-25-20-19-21-26-35/h9-10,16,19-22,25-26,36-40,43H,4-8,11-15,17-18,23-24,27-33H2,1-3H3/b10-9-,22-16-/t36-,37-,38-,39+,40-/m1/s1. The van der Waals surface area contributed by atoms with Crippen molar-refractivity contribution < 1.29 is 33.6 Å². The average molecular weight is 671 g/mol. The second-order valence-electron chi connectivity index (χ2n) is 13.4. The van der Waals surface area contributed by atoms with E-state index < -0.39 is 6.10 Å². The van der Waals surface area contributed by atoms with Crippen LogP contribution in [0.15, 0.2) is 54.6 Å². The van der Waals surface area contributed by atoms with Crippen LogP contribution in [0.5, 0.6) is 5.75 Å². The van der Waals surface area contributed by atoms with Crippen LogP contribution in [0, 0.1) is 11.8 Å². The largest absolute Gasteiger partial charge is 0.491 e. The first-order valence-corrected chi connectivity index (χ1v) is 19.0. The van der Waals surface area contributed by atoms with E-state index in [0.717, 1.165) is 44.3 Å². The summed E-state index contributed by atoms with van der Waals surface area (Å²) in [6.45, 7) is 4.62. The van der Waals surface area contributed by atoms with E-state index in [0.29, 0.717) is 32.5 Å². The van der Waals surface area contributed by atoms with Crippen LogP contribution in [-0.2, 0) is 23.8 Å². The number of para-hydroxylation sites is 1. The van der Waals surface area contributed by atoms with E-state index in [9.17, 15) is 14.7 Å². The molecule has 0 amide bonds. The van der Waals surface area contributed by atoms with Gasteiger partial charge in [-0.15, -0.1) is 0 Å². The van der Waals surface area contributed by atoms with Crippen molar-refractivity contribution in [2.45, 2.75) is 154 Å². The predicted octanol–water partition coefficient (Wildman–Crippen LogP) is 9.71. The van der Waals surface area contributed by atoms with Gasteiger partial charge >= 0.3 is 11.9 Å². The molecule has 0 unspecified atom stereocenters. The summed E-state index contributed by atoms with van der Waals surface area (Å²) >= 11 is 0. The number of hydrogen-bond donors (Lipinski definition) is 1. The lowest BCUT2D eigenvalue weighted by Gasteiger charge is -2.26. The molecule has 1 fully saturated rings. The highest BCUT2D eigenvalue weighted by atomic mass is 16.5. The van der Waals surface area contributed by atoms with Gasteiger partial charge in [0.15, 0.2) is 0 Å². The van der Waals surface area contributed by atoms with Crippen molar-refractivity contribution in [2.75, 3.05) is 20.3 Å². The molecule has 1 N–H and O–H groups in total. The Morgan fingerprint density at radius 3 is 2.19 bits per heavy atom. The van der Waals surface area contributed by atoms with Gasteiger partial charge in [0.05, 0.1) is 18.8 Å². The number of carbonyl (C=O) groups excluding carboxylic acids is 2. The van der Waals surface area contributed by atoms with Crippen LogP contribution in [0.25, 0.3) is 0 Å². The van der Waals surface area contributed by atoms with Crippen molar-refractivity contribution in [1.29, 1.82) is 0 Å². The molecular weight excluding hydrogens is 604 g/mol. The lowest BCUT2D eigenvalue weighted by atomic mass is 9.86. The molecule has 2 rings (SSSR count). The molecule has 1 aromatic carbocycles. The molecule has 1 aliphatic rings. The molecule has 0 bridgehead atoms. The quantitative estimate of drug-likeness (QED) is 0.0539. The summed E-state index contributed by atoms with van der Waals surface area (Å²) in [6, 6.07) is 9.66. The molecule has 1 aromatic rings. The highest BCUT2D eigenvalue weighted by molar-refractivity contribution is 5.69. The monoisotopic (exact) mass is 670 g/mol. The molecule has 0 heterocycles. The molecule has 7 nitrogen and oxygen atoms in total. The van der Waals surface area contributed by atoms with E-state index >= 15 is 0 Å². The Bertz CT molecular complexity index is 1010. The van der Waals surface area contributed by atoms with E-state index in [2.05, 4.69) is 31.2 Å². The van der Waals surface area contributed by atoms with Crippen LogP contribution in [-0.4, -0.2) is 55.7 Å². The fraction of sp³-hybridized carbons (Fsp3) is 0.707. The molecule has 7 heteroatoms. The molecule has 0 spiro atoms. The Labute approximate surface area is 291 Å². The zero-order valence-corrected chi connectivity index (χ0v) is 30.3. The molecule has 0 saturated heterocycles. The third kappa shape index (κ3) is 19.4. The summed E-state index contributed by atoms with van der Waals surface area (Å²) in [4.78, 5) is 24.0. The zero-order chi connectivity index (χ0) is 34.7. The highest BCUT2D eigenvalue weighted by Crippen LogP contribution is 2.40. The van der Waals surface area contributed by atoms with Gasteiger partial charge in [-0.2, -0.15) is 0 Å². The van der Waals surface area contributed by atoms with E-state index in [4.69, 9.17) is 18.9 Å². The van der Waals surface area contributed by atoms with E-state index in [1.807, 2.05) is 30.3 Å². The number of ether oxygens (including phenoxy) is 4. The SMILES string of the molecule is CCCCCC/C=C\CCCCCCCCOC(=O)CCC/C=C\C[C@@H]1[C@@H](CC[C@H](COc2ccccc2)OC)[C@H](OC(C)=O)C[C@@H]1O. The molecule has 0 aliphatic heterocycles. The summed E-state index contributed by atoms with van der Waals surface area (Å²) in [5.74, 6) is 0.380. The lowest BCUT2D eigenvalue weighted by Crippen LogP contribution is -2.28. The predicted molar refractivity (Wildman–Crippen MR) is 194 cm³/mol. The number of methoxy groups -OCH3 is 1. The Kier molecular flexibility index (Phi) is 23.5. The van der Waals surface area contributed by atoms with Gasteiger partial charge in [-0.25, -0.2) is 0 Å². The number of benzene rings is 1. The summed E-state index contributed by atoms with van der Waals surface area (Å²) in [5, 5.41) is 10.9. The van der Waals surface area contributed by atoms with Gasteiger partial charge in [0.2, 0.25) is 0 Å². The van der Waals surface area contributed by atoms with Gasteiger partial charge < -0.3 is 24.1 Å². The summed E-state index contributed by atoms with van der Waals surface area (Å²) < 4.78 is 22.7. The first-order chi connectivity index (χ1) is 23.4. The maximum atomic E-state index is 12.2. The summed E-state index contributed by atoms with van der Waals surface area (Å²) in [7, 11) is 1.68. The van der Waals surface area contributed by atoms with Crippen molar-refractivity contribution >= 4 is 11.9 Å². The molecule has 48 heavy (non-hydrogen) atoms. The first kappa shape index (κ1) is 41.5. The minimum absolute atomic E-state index is 0.00921. The van der Waals surface area contributed by atoms with Gasteiger partial charge in [-0.05, 0) is 82.3 Å². The van der Waals surface area contributed by atoms with Crippen molar-refractivity contribution in [3.05, 3.63) is 54.6 Å². The smallest absolute Gasteiger partial charge is 0.305 e. The number of rotatable bonds is 28. The molecule has 1 saturated carbocycles. The number of carbonyl (C=O) groups is 2. The molecule has 272 valence electrons. The van der Waals surface area contributed by atoms with E-state index in [-0.39, 0.29) is 36.0 Å². The number of aliphatic hydroxyl groups excluding tert-OH is 1. The second-order valence-corrected chi connectivity index (χ2v) is 13.4. The lowest BCUT2D eigenvalue weighted by molar-refractivity contribution is -0.148. The fourth-order valence-electron chi connectivity index (χ4n) is 6.57. The summed E-state index contributed by atoms with van der Waals surface area (Å²) in [5.41, 5.74) is 0. The van der Waals surface area contributed by atoms with Crippen molar-refractivity contribution in [2.24, 2.45) is 11.8 Å². The van der Waals surface area contributed by atoms with Gasteiger partial charge in [0.1, 0.15) is 18.5 Å². The Morgan fingerprint density at radius 2 is 1.50 bits per heavy atom. The molecule has 1 aliphatic carbocycles. The second kappa shape index (κ2) is 27.2. The third-order valence-corrected chi connectivity index (χ3v) is 9.39. The minimum atomic E-state index is -0.535. The van der Waals surface area contributed by atoms with E-state index in [1.165, 1.54) is 71.1 Å². The van der Waals surface area contributed by atoms with Crippen molar-refractivity contribution in [1.82, 2.24) is 0 Å². The fourth-order valence-corrected chi connectivity index (χ4v) is 6.57. The first-order valence-electron chi connectivity index (χ1n) is 19.0. The van der Waals surface area contributed by atoms with Crippen molar-refractivity contribution in [3.63, 3.8) is 0 Å². The Balaban J connectivity index is 1.57. The van der Waals surface area contributed by atoms with Gasteiger partial charge in [0.25, 0.3) is 0 Å². The number of hydrogen-bond acceptors (Lipinski definition) is 7. The number of unbranched alkanes of at least 4 members (excludes halogenated alkanes) is 11. The third-order valence-electron chi connectivity index (χ3n) is 9.39. The number of aliphatic hydroxyl groups is 1. The number of allylic oxidation sites excluding steroid dienone is 4. The van der Waals surface area contributed by atoms with Crippen molar-refractivity contribution in [3.8, 4) is 5.75 Å². The topological polar surface area (TPSA) is 91.3 Å². The van der Waals surface area contributed by atoms with E-state index in [1.54, 1.807) is 7.11 Å². The Hall–Kier alpha value is -2.64. The zero-order valence-electron chi connectivity index (χ0n) is 30.3. The van der Waals surface area contributed by atoms with Gasteiger partial charge in [-0.1, -0.05) is 94.4 Å². The molecule has 0 aromatic heterocycles. The number of esters is 2.